The van der Waals surface area contributed by atoms with Crippen LogP contribution in [0.3, 0.4) is 0 Å². The molecular formula is C24H31N5O3. The van der Waals surface area contributed by atoms with E-state index in [0.717, 1.165) is 24.1 Å². The van der Waals surface area contributed by atoms with E-state index in [-0.39, 0.29) is 17.8 Å². The Labute approximate surface area is 187 Å². The Bertz CT molecular complexity index is 1140. The zero-order chi connectivity index (χ0) is 22.9. The third-order valence-corrected chi connectivity index (χ3v) is 6.08. The molecule has 0 bridgehead atoms. The molecule has 4 rings (SSSR count). The number of imidazole rings is 1. The molecule has 0 spiro atoms. The van der Waals surface area contributed by atoms with Gasteiger partial charge in [0.25, 0.3) is 0 Å². The summed E-state index contributed by atoms with van der Waals surface area (Å²) in [4.78, 5) is 22.5. The minimum Gasteiger partial charge on any atom is -0.388 e. The van der Waals surface area contributed by atoms with Crippen LogP contribution in [0.5, 0.6) is 0 Å². The smallest absolute Gasteiger partial charge is 0.333 e. The van der Waals surface area contributed by atoms with Gasteiger partial charge in [-0.1, -0.05) is 12.1 Å². The van der Waals surface area contributed by atoms with Gasteiger partial charge in [-0.05, 0) is 64.3 Å². The van der Waals surface area contributed by atoms with Crippen LogP contribution in [0, 0.1) is 6.92 Å². The minimum absolute atomic E-state index is 0.0875. The summed E-state index contributed by atoms with van der Waals surface area (Å²) < 4.78 is 9.02. The van der Waals surface area contributed by atoms with Crippen molar-refractivity contribution in [2.75, 3.05) is 18.5 Å². The number of benzene rings is 1. The molecular weight excluding hydrogens is 406 g/mol. The Morgan fingerprint density at radius 2 is 2.00 bits per heavy atom. The topological polar surface area (TPSA) is 94.2 Å². The summed E-state index contributed by atoms with van der Waals surface area (Å²) in [5.74, 6) is 0.402. The van der Waals surface area contributed by atoms with Gasteiger partial charge in [0.05, 0.1) is 28.7 Å². The van der Waals surface area contributed by atoms with Crippen molar-refractivity contribution in [3.05, 3.63) is 58.8 Å². The monoisotopic (exact) mass is 437 g/mol. The average Bonchev–Trinajstić information content (AvgIpc) is 3.11. The maximum atomic E-state index is 13.6. The van der Waals surface area contributed by atoms with Crippen molar-refractivity contribution in [2.24, 2.45) is 0 Å². The highest BCUT2D eigenvalue weighted by atomic mass is 16.5. The second kappa shape index (κ2) is 8.88. The molecule has 32 heavy (non-hydrogen) atoms. The molecule has 0 radical (unpaired) electrons. The van der Waals surface area contributed by atoms with Crippen LogP contribution in [0.4, 0.5) is 5.95 Å². The van der Waals surface area contributed by atoms with Gasteiger partial charge >= 0.3 is 5.69 Å². The molecule has 1 saturated heterocycles. The van der Waals surface area contributed by atoms with Crippen LogP contribution in [0.2, 0.25) is 0 Å². The number of ether oxygens (including phenoxy) is 1. The first-order chi connectivity index (χ1) is 15.2. The molecule has 1 unspecified atom stereocenters. The maximum Gasteiger partial charge on any atom is 0.333 e. The number of nitrogens with one attached hydrogen (secondary N) is 1. The zero-order valence-electron chi connectivity index (χ0n) is 19.1. The minimum atomic E-state index is -0.935. The lowest BCUT2D eigenvalue weighted by atomic mass is 10.0. The predicted octanol–water partition coefficient (Wildman–Crippen LogP) is 3.33. The van der Waals surface area contributed by atoms with Gasteiger partial charge in [0, 0.05) is 31.6 Å². The standard InChI is InChI=1S/C24H31N5O3/c1-16-6-5-7-19(14-16)29-21(15-28(23(29)30)18-9-12-32-13-10-18)20-8-11-25-22(27-20)26-17(2)24(3,4)31/h5-8,11,14-15,17-18,31H,9-10,12-13H2,1-4H3,(H,25,26,27). The van der Waals surface area contributed by atoms with Gasteiger partial charge in [0.15, 0.2) is 0 Å². The summed E-state index contributed by atoms with van der Waals surface area (Å²) in [7, 11) is 0. The van der Waals surface area contributed by atoms with Crippen LogP contribution in [0.25, 0.3) is 17.1 Å². The van der Waals surface area contributed by atoms with E-state index in [2.05, 4.69) is 15.3 Å². The predicted molar refractivity (Wildman–Crippen MR) is 124 cm³/mol. The molecule has 0 aliphatic carbocycles. The fraction of sp³-hybridized carbons (Fsp3) is 0.458. The van der Waals surface area contributed by atoms with E-state index in [1.165, 1.54) is 0 Å². The number of nitrogens with zero attached hydrogens (tertiary/aromatic N) is 4. The number of rotatable bonds is 6. The quantitative estimate of drug-likeness (QED) is 0.614. The molecule has 2 N–H and O–H groups in total. The fourth-order valence-corrected chi connectivity index (χ4v) is 3.83. The van der Waals surface area contributed by atoms with Crippen LogP contribution in [0.1, 0.15) is 45.2 Å². The maximum absolute atomic E-state index is 13.6. The molecule has 2 aromatic heterocycles. The van der Waals surface area contributed by atoms with E-state index in [1.807, 2.05) is 48.9 Å². The average molecular weight is 438 g/mol. The molecule has 1 atom stereocenters. The summed E-state index contributed by atoms with van der Waals surface area (Å²) in [6.07, 6.45) is 5.17. The Balaban J connectivity index is 1.81. The van der Waals surface area contributed by atoms with Gasteiger partial charge in [-0.25, -0.2) is 14.8 Å². The molecule has 3 heterocycles. The highest BCUT2D eigenvalue weighted by molar-refractivity contribution is 5.59. The molecule has 1 fully saturated rings. The fourth-order valence-electron chi connectivity index (χ4n) is 3.83. The number of anilines is 1. The number of hydrogen-bond donors (Lipinski definition) is 2. The van der Waals surface area contributed by atoms with Crippen molar-refractivity contribution in [2.45, 2.75) is 58.2 Å². The molecule has 8 heteroatoms. The third kappa shape index (κ3) is 4.61. The first-order valence-corrected chi connectivity index (χ1v) is 11.0. The summed E-state index contributed by atoms with van der Waals surface area (Å²) in [6.45, 7) is 8.65. The van der Waals surface area contributed by atoms with E-state index < -0.39 is 5.60 Å². The van der Waals surface area contributed by atoms with Gasteiger partial charge in [0.1, 0.15) is 0 Å². The van der Waals surface area contributed by atoms with Gasteiger partial charge in [-0.15, -0.1) is 0 Å². The summed E-state index contributed by atoms with van der Waals surface area (Å²) >= 11 is 0. The lowest BCUT2D eigenvalue weighted by Crippen LogP contribution is -2.39. The van der Waals surface area contributed by atoms with Crippen molar-refractivity contribution >= 4 is 5.95 Å². The van der Waals surface area contributed by atoms with Crippen LogP contribution >= 0.6 is 0 Å². The van der Waals surface area contributed by atoms with Gasteiger partial charge in [-0.3, -0.25) is 9.13 Å². The summed E-state index contributed by atoms with van der Waals surface area (Å²) in [5.41, 5.74) is 2.19. The molecule has 1 aromatic carbocycles. The molecule has 0 saturated carbocycles. The van der Waals surface area contributed by atoms with E-state index in [9.17, 15) is 9.90 Å². The Kier molecular flexibility index (Phi) is 6.17. The Hall–Kier alpha value is -2.97. The molecule has 170 valence electrons. The molecule has 8 nitrogen and oxygen atoms in total. The first-order valence-electron chi connectivity index (χ1n) is 11.0. The van der Waals surface area contributed by atoms with Crippen molar-refractivity contribution in [1.29, 1.82) is 0 Å². The number of aromatic nitrogens is 4. The van der Waals surface area contributed by atoms with E-state index in [0.29, 0.717) is 30.5 Å². The van der Waals surface area contributed by atoms with E-state index in [4.69, 9.17) is 4.74 Å². The Morgan fingerprint density at radius 1 is 1.25 bits per heavy atom. The third-order valence-electron chi connectivity index (χ3n) is 6.08. The first kappa shape index (κ1) is 22.2. The van der Waals surface area contributed by atoms with Crippen LogP contribution < -0.4 is 11.0 Å². The van der Waals surface area contributed by atoms with Crippen molar-refractivity contribution in [1.82, 2.24) is 19.1 Å². The normalized spacial score (nSPS) is 16.2. The Morgan fingerprint density at radius 3 is 2.69 bits per heavy atom. The second-order valence-electron chi connectivity index (χ2n) is 9.01. The lowest BCUT2D eigenvalue weighted by Gasteiger charge is -2.26. The number of aryl methyl sites for hydroxylation is 1. The molecule has 3 aromatic rings. The van der Waals surface area contributed by atoms with Crippen molar-refractivity contribution in [3.63, 3.8) is 0 Å². The van der Waals surface area contributed by atoms with Crippen LogP contribution in [-0.2, 0) is 4.74 Å². The van der Waals surface area contributed by atoms with Gasteiger partial charge in [-0.2, -0.15) is 0 Å². The largest absolute Gasteiger partial charge is 0.388 e. The van der Waals surface area contributed by atoms with Crippen molar-refractivity contribution < 1.29 is 9.84 Å². The lowest BCUT2D eigenvalue weighted by molar-refractivity contribution is 0.0646. The van der Waals surface area contributed by atoms with Gasteiger partial charge in [0.2, 0.25) is 5.95 Å². The number of hydrogen-bond acceptors (Lipinski definition) is 6. The van der Waals surface area contributed by atoms with Crippen LogP contribution in [0.15, 0.2) is 47.5 Å². The van der Waals surface area contributed by atoms with E-state index in [1.54, 1.807) is 30.7 Å². The van der Waals surface area contributed by atoms with E-state index >= 15 is 0 Å². The highest BCUT2D eigenvalue weighted by Gasteiger charge is 2.25. The molecule has 1 aliphatic rings. The number of aliphatic hydroxyl groups is 1. The summed E-state index contributed by atoms with van der Waals surface area (Å²) in [5, 5.41) is 13.4. The molecule has 1 aliphatic heterocycles. The zero-order valence-corrected chi connectivity index (χ0v) is 19.1. The SMILES string of the molecule is Cc1cccc(-n2c(-c3ccnc(NC(C)C(C)(C)O)n3)cn(C3CCOCC3)c2=O)c1. The molecule has 0 amide bonds. The van der Waals surface area contributed by atoms with Crippen LogP contribution in [-0.4, -0.2) is 49.1 Å². The highest BCUT2D eigenvalue weighted by Crippen LogP contribution is 2.26. The summed E-state index contributed by atoms with van der Waals surface area (Å²) in [6, 6.07) is 9.52. The second-order valence-corrected chi connectivity index (χ2v) is 9.01. The van der Waals surface area contributed by atoms with Gasteiger partial charge < -0.3 is 15.2 Å². The van der Waals surface area contributed by atoms with Crippen molar-refractivity contribution in [3.8, 4) is 17.1 Å².